The van der Waals surface area contributed by atoms with Gasteiger partial charge in [0.05, 0.1) is 12.5 Å². The van der Waals surface area contributed by atoms with E-state index in [1.165, 1.54) is 24.8 Å². The van der Waals surface area contributed by atoms with Crippen molar-refractivity contribution in [1.29, 1.82) is 5.26 Å². The van der Waals surface area contributed by atoms with E-state index in [2.05, 4.69) is 32.9 Å². The van der Waals surface area contributed by atoms with Crippen LogP contribution in [0.4, 0.5) is 0 Å². The van der Waals surface area contributed by atoms with Gasteiger partial charge in [-0.2, -0.15) is 5.26 Å². The van der Waals surface area contributed by atoms with Gasteiger partial charge in [0.15, 0.2) is 0 Å². The van der Waals surface area contributed by atoms with Crippen molar-refractivity contribution in [2.75, 3.05) is 0 Å². The van der Waals surface area contributed by atoms with Gasteiger partial charge in [-0.3, -0.25) is 0 Å². The third-order valence-electron chi connectivity index (χ3n) is 3.50. The molecule has 1 heteroatoms. The molecule has 0 aliphatic heterocycles. The average molecular weight is 191 g/mol. The zero-order valence-electron chi connectivity index (χ0n) is 9.59. The molecule has 0 amide bonds. The minimum atomic E-state index is 0.588. The van der Waals surface area contributed by atoms with Crippen LogP contribution in [-0.4, -0.2) is 0 Å². The number of hydrogen-bond acceptors (Lipinski definition) is 1. The van der Waals surface area contributed by atoms with Crippen LogP contribution in [0.3, 0.4) is 0 Å². The molecule has 0 bridgehead atoms. The molecular weight excluding hydrogens is 170 g/mol. The van der Waals surface area contributed by atoms with Gasteiger partial charge in [-0.1, -0.05) is 32.4 Å². The van der Waals surface area contributed by atoms with Crippen LogP contribution >= 0.6 is 0 Å². The minimum absolute atomic E-state index is 0.588. The lowest BCUT2D eigenvalue weighted by Gasteiger charge is -2.31. The maximum Gasteiger partial charge on any atom is 0.0663 e. The highest BCUT2D eigenvalue weighted by molar-refractivity contribution is 5.12. The van der Waals surface area contributed by atoms with Gasteiger partial charge in [-0.05, 0) is 37.0 Å². The smallest absolute Gasteiger partial charge is 0.0663 e. The predicted octanol–water partition coefficient (Wildman–Crippen LogP) is 3.92. The number of rotatable bonds is 2. The molecule has 14 heavy (non-hydrogen) atoms. The molecule has 0 spiro atoms. The van der Waals surface area contributed by atoms with Crippen molar-refractivity contribution < 1.29 is 0 Å². The van der Waals surface area contributed by atoms with E-state index in [0.717, 1.165) is 11.8 Å². The van der Waals surface area contributed by atoms with Crippen molar-refractivity contribution >= 4 is 0 Å². The Labute approximate surface area is 87.8 Å². The van der Waals surface area contributed by atoms with Crippen LogP contribution in [0.15, 0.2) is 11.6 Å². The van der Waals surface area contributed by atoms with Crippen molar-refractivity contribution in [3.05, 3.63) is 11.6 Å². The van der Waals surface area contributed by atoms with E-state index >= 15 is 0 Å². The average Bonchev–Trinajstić information content (AvgIpc) is 2.16. The molecular formula is C13H21N. The molecule has 1 fully saturated rings. The number of hydrogen-bond donors (Lipinski definition) is 0. The molecule has 0 aromatic carbocycles. The van der Waals surface area contributed by atoms with Gasteiger partial charge in [-0.15, -0.1) is 0 Å². The molecule has 0 aromatic heterocycles. The van der Waals surface area contributed by atoms with E-state index in [4.69, 9.17) is 5.26 Å². The van der Waals surface area contributed by atoms with Gasteiger partial charge in [0.1, 0.15) is 0 Å². The van der Waals surface area contributed by atoms with Gasteiger partial charge in [0, 0.05) is 0 Å². The van der Waals surface area contributed by atoms with Gasteiger partial charge in [-0.25, -0.2) is 0 Å². The highest BCUT2D eigenvalue weighted by Gasteiger charge is 2.24. The van der Waals surface area contributed by atoms with Crippen LogP contribution in [0.1, 0.15) is 46.5 Å². The highest BCUT2D eigenvalue weighted by Crippen LogP contribution is 2.36. The first-order valence-corrected chi connectivity index (χ1v) is 5.71. The first-order chi connectivity index (χ1) is 6.65. The predicted molar refractivity (Wildman–Crippen MR) is 59.7 cm³/mol. The summed E-state index contributed by atoms with van der Waals surface area (Å²) in [6.45, 7) is 6.91. The second-order valence-corrected chi connectivity index (χ2v) is 4.83. The van der Waals surface area contributed by atoms with E-state index in [0.29, 0.717) is 12.3 Å². The SMILES string of the molecule is CC(C)[C@H]1CC[C@@H](C)C(=CCC#N)C1. The Kier molecular flexibility index (Phi) is 4.20. The number of nitriles is 1. The molecule has 0 unspecified atom stereocenters. The van der Waals surface area contributed by atoms with Crippen molar-refractivity contribution in [3.8, 4) is 6.07 Å². The Morgan fingerprint density at radius 1 is 1.50 bits per heavy atom. The molecule has 1 aliphatic carbocycles. The lowest BCUT2D eigenvalue weighted by Crippen LogP contribution is -2.19. The van der Waals surface area contributed by atoms with E-state index in [-0.39, 0.29) is 0 Å². The summed E-state index contributed by atoms with van der Waals surface area (Å²) in [4.78, 5) is 0. The number of nitrogens with zero attached hydrogens (tertiary/aromatic N) is 1. The zero-order valence-corrected chi connectivity index (χ0v) is 9.59. The number of allylic oxidation sites excluding steroid dienone is 2. The Morgan fingerprint density at radius 2 is 2.21 bits per heavy atom. The Bertz CT molecular complexity index is 244. The van der Waals surface area contributed by atoms with Crippen LogP contribution in [-0.2, 0) is 0 Å². The third-order valence-corrected chi connectivity index (χ3v) is 3.50. The van der Waals surface area contributed by atoms with Gasteiger partial charge >= 0.3 is 0 Å². The summed E-state index contributed by atoms with van der Waals surface area (Å²) in [5, 5.41) is 8.56. The second kappa shape index (κ2) is 5.20. The van der Waals surface area contributed by atoms with E-state index in [1.807, 2.05) is 0 Å². The van der Waals surface area contributed by atoms with Crippen LogP contribution in [0, 0.1) is 29.1 Å². The molecule has 1 saturated carbocycles. The molecule has 0 saturated heterocycles. The Morgan fingerprint density at radius 3 is 2.79 bits per heavy atom. The summed E-state index contributed by atoms with van der Waals surface area (Å²) in [6.07, 6.45) is 6.63. The van der Waals surface area contributed by atoms with Gasteiger partial charge in [0.2, 0.25) is 0 Å². The third kappa shape index (κ3) is 2.87. The van der Waals surface area contributed by atoms with Crippen LogP contribution < -0.4 is 0 Å². The first-order valence-electron chi connectivity index (χ1n) is 5.71. The highest BCUT2D eigenvalue weighted by atomic mass is 14.3. The topological polar surface area (TPSA) is 23.8 Å². The molecule has 0 N–H and O–H groups in total. The van der Waals surface area contributed by atoms with Crippen molar-refractivity contribution in [2.45, 2.75) is 46.5 Å². The zero-order chi connectivity index (χ0) is 10.6. The lowest BCUT2D eigenvalue weighted by atomic mass is 9.74. The van der Waals surface area contributed by atoms with Crippen molar-refractivity contribution in [1.82, 2.24) is 0 Å². The lowest BCUT2D eigenvalue weighted by molar-refractivity contribution is 0.287. The molecule has 1 rings (SSSR count). The van der Waals surface area contributed by atoms with Crippen LogP contribution in [0.25, 0.3) is 0 Å². The maximum absolute atomic E-state index is 8.56. The summed E-state index contributed by atoms with van der Waals surface area (Å²) in [7, 11) is 0. The first kappa shape index (κ1) is 11.3. The van der Waals surface area contributed by atoms with Crippen LogP contribution in [0.5, 0.6) is 0 Å². The molecule has 0 radical (unpaired) electrons. The molecule has 78 valence electrons. The van der Waals surface area contributed by atoms with Crippen molar-refractivity contribution in [2.24, 2.45) is 17.8 Å². The summed E-state index contributed by atoms with van der Waals surface area (Å²) in [5.41, 5.74) is 1.52. The fraction of sp³-hybridized carbons (Fsp3) is 0.769. The maximum atomic E-state index is 8.56. The van der Waals surface area contributed by atoms with Gasteiger partial charge in [0.25, 0.3) is 0 Å². The molecule has 1 aliphatic rings. The Hall–Kier alpha value is -0.770. The summed E-state index contributed by atoms with van der Waals surface area (Å²) < 4.78 is 0. The molecule has 2 atom stereocenters. The van der Waals surface area contributed by atoms with Gasteiger partial charge < -0.3 is 0 Å². The standard InChI is InChI=1S/C13H21N/c1-10(2)12-7-6-11(3)13(9-12)5-4-8-14/h5,10-12H,4,6-7,9H2,1-3H3/t11-,12+/m1/s1. The summed E-state index contributed by atoms with van der Waals surface area (Å²) >= 11 is 0. The quantitative estimate of drug-likeness (QED) is 0.607. The van der Waals surface area contributed by atoms with E-state index < -0.39 is 0 Å². The largest absolute Gasteiger partial charge is 0.198 e. The van der Waals surface area contributed by atoms with E-state index in [9.17, 15) is 0 Å². The van der Waals surface area contributed by atoms with E-state index in [1.54, 1.807) is 0 Å². The minimum Gasteiger partial charge on any atom is -0.198 e. The molecule has 0 aromatic rings. The Balaban J connectivity index is 2.60. The molecule has 0 heterocycles. The summed E-state index contributed by atoms with van der Waals surface area (Å²) in [6, 6.07) is 2.20. The fourth-order valence-corrected chi connectivity index (χ4v) is 2.29. The summed E-state index contributed by atoms with van der Waals surface area (Å²) in [5.74, 6) is 2.34. The normalized spacial score (nSPS) is 30.6. The molecule has 1 nitrogen and oxygen atoms in total. The second-order valence-electron chi connectivity index (χ2n) is 4.83. The monoisotopic (exact) mass is 191 g/mol. The van der Waals surface area contributed by atoms with Crippen molar-refractivity contribution in [3.63, 3.8) is 0 Å². The fourth-order valence-electron chi connectivity index (χ4n) is 2.29. The van der Waals surface area contributed by atoms with Crippen LogP contribution in [0.2, 0.25) is 0 Å².